The average Bonchev–Trinajstić information content (AvgIpc) is 2.95. The number of hydrogen-bond acceptors (Lipinski definition) is 5. The lowest BCUT2D eigenvalue weighted by atomic mass is 10.2. The zero-order valence-electron chi connectivity index (χ0n) is 14.5. The minimum Gasteiger partial charge on any atom is -0.439 e. The first-order valence-corrected chi connectivity index (χ1v) is 8.51. The van der Waals surface area contributed by atoms with Crippen LogP contribution in [0.2, 0.25) is 0 Å². The maximum absolute atomic E-state index is 12.1. The summed E-state index contributed by atoms with van der Waals surface area (Å²) < 4.78 is 11.4. The van der Waals surface area contributed by atoms with Gasteiger partial charge in [-0.05, 0) is 32.4 Å². The first-order valence-electron chi connectivity index (χ1n) is 8.51. The zero-order chi connectivity index (χ0) is 17.1. The number of morpholine rings is 1. The molecule has 6 heteroatoms. The van der Waals surface area contributed by atoms with Gasteiger partial charge in [-0.3, -0.25) is 9.69 Å². The van der Waals surface area contributed by atoms with Crippen LogP contribution >= 0.6 is 0 Å². The molecule has 2 heterocycles. The van der Waals surface area contributed by atoms with Crippen molar-refractivity contribution in [1.82, 2.24) is 15.2 Å². The number of aryl methyl sites for hydroxylation is 1. The highest BCUT2D eigenvalue weighted by atomic mass is 16.5. The molecule has 0 radical (unpaired) electrons. The Balaban J connectivity index is 1.47. The lowest BCUT2D eigenvalue weighted by molar-refractivity contribution is -0.122. The van der Waals surface area contributed by atoms with Gasteiger partial charge in [0.1, 0.15) is 5.52 Å². The van der Waals surface area contributed by atoms with Crippen molar-refractivity contribution >= 4 is 17.0 Å². The summed E-state index contributed by atoms with van der Waals surface area (Å²) in [6.45, 7) is 8.96. The predicted molar refractivity (Wildman–Crippen MR) is 91.7 cm³/mol. The van der Waals surface area contributed by atoms with Crippen molar-refractivity contribution in [1.29, 1.82) is 0 Å². The molecule has 1 fully saturated rings. The second-order valence-electron chi connectivity index (χ2n) is 6.57. The van der Waals surface area contributed by atoms with Gasteiger partial charge in [0, 0.05) is 26.1 Å². The van der Waals surface area contributed by atoms with Gasteiger partial charge in [0.2, 0.25) is 11.8 Å². The topological polar surface area (TPSA) is 67.6 Å². The third-order valence-electron chi connectivity index (χ3n) is 4.25. The number of ether oxygens (including phenoxy) is 1. The molecule has 6 nitrogen and oxygen atoms in total. The molecular weight excluding hydrogens is 306 g/mol. The van der Waals surface area contributed by atoms with E-state index in [1.165, 1.54) is 0 Å². The Morgan fingerprint density at radius 2 is 2.08 bits per heavy atom. The smallest absolute Gasteiger partial charge is 0.221 e. The Hall–Kier alpha value is -1.92. The molecule has 1 aromatic carbocycles. The largest absolute Gasteiger partial charge is 0.439 e. The molecule has 2 aromatic rings. The van der Waals surface area contributed by atoms with Crippen molar-refractivity contribution in [3.8, 4) is 0 Å². The lowest BCUT2D eigenvalue weighted by Gasteiger charge is -2.35. The van der Waals surface area contributed by atoms with Gasteiger partial charge in [-0.25, -0.2) is 4.98 Å². The van der Waals surface area contributed by atoms with Gasteiger partial charge in [0.15, 0.2) is 5.58 Å². The van der Waals surface area contributed by atoms with Crippen LogP contribution in [0.4, 0.5) is 0 Å². The maximum atomic E-state index is 12.1. The summed E-state index contributed by atoms with van der Waals surface area (Å²) in [6.07, 6.45) is 0.915. The molecule has 3 rings (SSSR count). The number of benzene rings is 1. The normalized spacial score (nSPS) is 22.0. The monoisotopic (exact) mass is 331 g/mol. The first kappa shape index (κ1) is 16.9. The van der Waals surface area contributed by atoms with Crippen LogP contribution in [0, 0.1) is 6.92 Å². The Morgan fingerprint density at radius 3 is 2.79 bits per heavy atom. The lowest BCUT2D eigenvalue weighted by Crippen LogP contribution is -2.46. The molecule has 130 valence electrons. The van der Waals surface area contributed by atoms with Crippen molar-refractivity contribution in [3.63, 3.8) is 0 Å². The zero-order valence-corrected chi connectivity index (χ0v) is 14.5. The van der Waals surface area contributed by atoms with Crippen LogP contribution < -0.4 is 5.32 Å². The van der Waals surface area contributed by atoms with Crippen molar-refractivity contribution < 1.29 is 13.9 Å². The number of aromatic nitrogens is 1. The standard InChI is InChI=1S/C18H25N3O3/c1-12-5-4-6-15-18(12)20-17(24-15)9-19-16(22)7-8-21-10-13(2)23-14(3)11-21/h4-6,13-14H,7-11H2,1-3H3,(H,19,22)/t13-,14+. The van der Waals surface area contributed by atoms with Crippen molar-refractivity contribution in [2.75, 3.05) is 19.6 Å². The van der Waals surface area contributed by atoms with Crippen molar-refractivity contribution in [3.05, 3.63) is 29.7 Å². The highest BCUT2D eigenvalue weighted by molar-refractivity contribution is 5.77. The fraction of sp³-hybridized carbons (Fsp3) is 0.556. The molecule has 0 unspecified atom stereocenters. The fourth-order valence-electron chi connectivity index (χ4n) is 3.20. The number of fused-ring (bicyclic) bond motifs is 1. The van der Waals surface area contributed by atoms with E-state index >= 15 is 0 Å². The minimum absolute atomic E-state index is 0.0146. The van der Waals surface area contributed by atoms with E-state index in [0.29, 0.717) is 18.9 Å². The fourth-order valence-corrected chi connectivity index (χ4v) is 3.20. The molecule has 1 aliphatic rings. The van der Waals surface area contributed by atoms with Crippen molar-refractivity contribution in [2.24, 2.45) is 0 Å². The molecule has 1 saturated heterocycles. The number of nitrogens with one attached hydrogen (secondary N) is 1. The van der Waals surface area contributed by atoms with Gasteiger partial charge in [-0.2, -0.15) is 0 Å². The van der Waals surface area contributed by atoms with E-state index in [9.17, 15) is 4.79 Å². The molecular formula is C18H25N3O3. The van der Waals surface area contributed by atoms with Gasteiger partial charge in [-0.1, -0.05) is 12.1 Å². The van der Waals surface area contributed by atoms with E-state index in [1.807, 2.05) is 25.1 Å². The Bertz CT molecular complexity index is 703. The number of nitrogens with zero attached hydrogens (tertiary/aromatic N) is 2. The summed E-state index contributed by atoms with van der Waals surface area (Å²) in [5.74, 6) is 0.557. The summed E-state index contributed by atoms with van der Waals surface area (Å²) in [6, 6.07) is 5.83. The van der Waals surface area contributed by atoms with Crippen LogP contribution in [0.15, 0.2) is 22.6 Å². The van der Waals surface area contributed by atoms with Crippen LogP contribution in [0.5, 0.6) is 0 Å². The molecule has 1 aromatic heterocycles. The average molecular weight is 331 g/mol. The Kier molecular flexibility index (Phi) is 5.16. The van der Waals surface area contributed by atoms with Crippen LogP contribution in [0.3, 0.4) is 0 Å². The van der Waals surface area contributed by atoms with Crippen LogP contribution in [-0.4, -0.2) is 47.6 Å². The maximum Gasteiger partial charge on any atom is 0.221 e. The number of oxazole rings is 1. The van der Waals surface area contributed by atoms with E-state index in [2.05, 4.69) is 29.0 Å². The summed E-state index contributed by atoms with van der Waals surface area (Å²) in [5.41, 5.74) is 2.69. The van der Waals surface area contributed by atoms with Gasteiger partial charge >= 0.3 is 0 Å². The van der Waals surface area contributed by atoms with Gasteiger partial charge in [0.25, 0.3) is 0 Å². The quantitative estimate of drug-likeness (QED) is 0.910. The van der Waals surface area contributed by atoms with E-state index in [0.717, 1.165) is 36.3 Å². The number of amides is 1. The molecule has 0 saturated carbocycles. The van der Waals surface area contributed by atoms with E-state index in [4.69, 9.17) is 9.15 Å². The third kappa shape index (κ3) is 4.13. The summed E-state index contributed by atoms with van der Waals surface area (Å²) in [4.78, 5) is 18.8. The number of carbonyl (C=O) groups excluding carboxylic acids is 1. The second kappa shape index (κ2) is 7.32. The van der Waals surface area contributed by atoms with Gasteiger partial charge in [-0.15, -0.1) is 0 Å². The molecule has 0 aliphatic carbocycles. The third-order valence-corrected chi connectivity index (χ3v) is 4.25. The molecule has 2 atom stereocenters. The second-order valence-corrected chi connectivity index (χ2v) is 6.57. The molecule has 1 amide bonds. The minimum atomic E-state index is 0.0146. The first-order chi connectivity index (χ1) is 11.5. The van der Waals surface area contributed by atoms with Crippen molar-refractivity contribution in [2.45, 2.75) is 45.9 Å². The molecule has 0 spiro atoms. The SMILES string of the molecule is Cc1cccc2oc(CNC(=O)CCN3C[C@@H](C)O[C@@H](C)C3)nc12. The van der Waals surface area contributed by atoms with Gasteiger partial charge in [0.05, 0.1) is 18.8 Å². The number of para-hydroxylation sites is 1. The predicted octanol–water partition coefficient (Wildman–Crippen LogP) is 2.25. The highest BCUT2D eigenvalue weighted by Crippen LogP contribution is 2.18. The molecule has 24 heavy (non-hydrogen) atoms. The van der Waals surface area contributed by atoms with Crippen LogP contribution in [-0.2, 0) is 16.1 Å². The van der Waals surface area contributed by atoms with Gasteiger partial charge < -0.3 is 14.5 Å². The Labute approximate surface area is 142 Å². The van der Waals surface area contributed by atoms with E-state index in [1.54, 1.807) is 0 Å². The van der Waals surface area contributed by atoms with E-state index in [-0.39, 0.29) is 18.1 Å². The number of carbonyl (C=O) groups is 1. The summed E-state index contributed by atoms with van der Waals surface area (Å²) in [5, 5.41) is 2.89. The highest BCUT2D eigenvalue weighted by Gasteiger charge is 2.22. The summed E-state index contributed by atoms with van der Waals surface area (Å²) in [7, 11) is 0. The van der Waals surface area contributed by atoms with Crippen LogP contribution in [0.1, 0.15) is 31.7 Å². The number of rotatable bonds is 5. The molecule has 1 N–H and O–H groups in total. The number of hydrogen-bond donors (Lipinski definition) is 1. The molecule has 1 aliphatic heterocycles. The van der Waals surface area contributed by atoms with E-state index < -0.39 is 0 Å². The summed E-state index contributed by atoms with van der Waals surface area (Å²) >= 11 is 0. The molecule has 0 bridgehead atoms. The van der Waals surface area contributed by atoms with Crippen LogP contribution in [0.25, 0.3) is 11.1 Å². The Morgan fingerprint density at radius 1 is 1.33 bits per heavy atom.